The molecule has 1 saturated carbocycles. The highest BCUT2D eigenvalue weighted by Crippen LogP contribution is 2.25. The van der Waals surface area contributed by atoms with Gasteiger partial charge in [-0.15, -0.1) is 11.3 Å². The minimum absolute atomic E-state index is 0.0788. The van der Waals surface area contributed by atoms with E-state index in [4.69, 9.17) is 4.74 Å². The van der Waals surface area contributed by atoms with Crippen molar-refractivity contribution < 1.29 is 14.3 Å². The summed E-state index contributed by atoms with van der Waals surface area (Å²) in [6.45, 7) is 3.97. The highest BCUT2D eigenvalue weighted by molar-refractivity contribution is 7.13. The second-order valence-corrected chi connectivity index (χ2v) is 8.14. The Balaban J connectivity index is 1.46. The number of aromatic nitrogens is 1. The number of esters is 1. The molecule has 27 heavy (non-hydrogen) atoms. The van der Waals surface area contributed by atoms with Gasteiger partial charge in [0.15, 0.2) is 6.61 Å². The van der Waals surface area contributed by atoms with E-state index in [1.54, 1.807) is 0 Å². The zero-order valence-electron chi connectivity index (χ0n) is 15.9. The SMILES string of the molecule is Cc1cccc(-c2nc(CC(=O)OCC(=O)N[C@@H]3CCCC[C@H]3C)cs2)c1. The number of benzene rings is 1. The normalized spacial score (nSPS) is 19.5. The van der Waals surface area contributed by atoms with E-state index in [1.807, 2.05) is 30.5 Å². The summed E-state index contributed by atoms with van der Waals surface area (Å²) in [5, 5.41) is 5.73. The Hall–Kier alpha value is -2.21. The van der Waals surface area contributed by atoms with E-state index >= 15 is 0 Å². The average Bonchev–Trinajstić information content (AvgIpc) is 3.10. The third-order valence-electron chi connectivity index (χ3n) is 4.96. The van der Waals surface area contributed by atoms with Gasteiger partial charge in [0.25, 0.3) is 5.91 Å². The summed E-state index contributed by atoms with van der Waals surface area (Å²) in [5.74, 6) is -0.169. The summed E-state index contributed by atoms with van der Waals surface area (Å²) in [6, 6.07) is 8.29. The number of amides is 1. The first kappa shape index (κ1) is 19.5. The van der Waals surface area contributed by atoms with Crippen LogP contribution in [-0.2, 0) is 20.7 Å². The minimum Gasteiger partial charge on any atom is -0.455 e. The molecule has 0 aliphatic heterocycles. The van der Waals surface area contributed by atoms with Crippen LogP contribution >= 0.6 is 11.3 Å². The fourth-order valence-corrected chi connectivity index (χ4v) is 4.24. The van der Waals surface area contributed by atoms with Crippen LogP contribution in [0.4, 0.5) is 0 Å². The molecule has 1 N–H and O–H groups in total. The van der Waals surface area contributed by atoms with Crippen LogP contribution in [-0.4, -0.2) is 29.5 Å². The van der Waals surface area contributed by atoms with Crippen molar-refractivity contribution in [3.05, 3.63) is 40.9 Å². The van der Waals surface area contributed by atoms with Crippen molar-refractivity contribution in [1.29, 1.82) is 0 Å². The van der Waals surface area contributed by atoms with Crippen LogP contribution in [0.3, 0.4) is 0 Å². The molecular weight excluding hydrogens is 360 g/mol. The molecule has 1 fully saturated rings. The summed E-state index contributed by atoms with van der Waals surface area (Å²) in [5.41, 5.74) is 2.88. The molecule has 2 aromatic rings. The van der Waals surface area contributed by atoms with Gasteiger partial charge in [-0.25, -0.2) is 4.98 Å². The average molecular weight is 387 g/mol. The third kappa shape index (κ3) is 5.63. The van der Waals surface area contributed by atoms with Crippen LogP contribution in [0, 0.1) is 12.8 Å². The third-order valence-corrected chi connectivity index (χ3v) is 5.90. The van der Waals surface area contributed by atoms with Crippen molar-refractivity contribution in [3.63, 3.8) is 0 Å². The largest absolute Gasteiger partial charge is 0.455 e. The van der Waals surface area contributed by atoms with Crippen molar-refractivity contribution in [3.8, 4) is 10.6 Å². The van der Waals surface area contributed by atoms with Crippen LogP contribution in [0.1, 0.15) is 43.9 Å². The van der Waals surface area contributed by atoms with Gasteiger partial charge in [0.1, 0.15) is 5.01 Å². The highest BCUT2D eigenvalue weighted by Gasteiger charge is 2.23. The van der Waals surface area contributed by atoms with Gasteiger partial charge in [0.2, 0.25) is 0 Å². The number of hydrogen-bond donors (Lipinski definition) is 1. The second-order valence-electron chi connectivity index (χ2n) is 7.29. The van der Waals surface area contributed by atoms with E-state index in [1.165, 1.54) is 23.3 Å². The lowest BCUT2D eigenvalue weighted by Crippen LogP contribution is -2.42. The minimum atomic E-state index is -0.428. The van der Waals surface area contributed by atoms with Gasteiger partial charge >= 0.3 is 5.97 Å². The summed E-state index contributed by atoms with van der Waals surface area (Å²) in [4.78, 5) is 28.6. The molecule has 1 aromatic carbocycles. The molecule has 1 amide bonds. The predicted octanol–water partition coefficient (Wildman–Crippen LogP) is 3.90. The summed E-state index contributed by atoms with van der Waals surface area (Å²) in [7, 11) is 0. The maximum atomic E-state index is 12.0. The van der Waals surface area contributed by atoms with Gasteiger partial charge in [0.05, 0.1) is 12.1 Å². The zero-order chi connectivity index (χ0) is 19.2. The fourth-order valence-electron chi connectivity index (χ4n) is 3.42. The maximum Gasteiger partial charge on any atom is 0.312 e. The molecule has 1 heterocycles. The van der Waals surface area contributed by atoms with Gasteiger partial charge in [-0.2, -0.15) is 0 Å². The molecule has 0 radical (unpaired) electrons. The Kier molecular flexibility index (Phi) is 6.61. The summed E-state index contributed by atoms with van der Waals surface area (Å²) in [6.07, 6.45) is 4.58. The maximum absolute atomic E-state index is 12.0. The first-order valence-electron chi connectivity index (χ1n) is 9.47. The van der Waals surface area contributed by atoms with Crippen molar-refractivity contribution in [2.45, 2.75) is 52.0 Å². The second kappa shape index (κ2) is 9.13. The predicted molar refractivity (Wildman–Crippen MR) is 107 cm³/mol. The number of aryl methyl sites for hydroxylation is 1. The van der Waals surface area contributed by atoms with Gasteiger partial charge < -0.3 is 10.1 Å². The fraction of sp³-hybridized carbons (Fsp3) is 0.476. The number of hydrogen-bond acceptors (Lipinski definition) is 5. The van der Waals surface area contributed by atoms with E-state index in [2.05, 4.69) is 23.3 Å². The zero-order valence-corrected chi connectivity index (χ0v) is 16.7. The van der Waals surface area contributed by atoms with E-state index in [-0.39, 0.29) is 25.0 Å². The lowest BCUT2D eigenvalue weighted by molar-refractivity contribution is -0.148. The smallest absolute Gasteiger partial charge is 0.312 e. The van der Waals surface area contributed by atoms with Crippen LogP contribution in [0.15, 0.2) is 29.6 Å². The first-order valence-corrected chi connectivity index (χ1v) is 10.4. The molecule has 3 rings (SSSR count). The molecule has 144 valence electrons. The van der Waals surface area contributed by atoms with Crippen molar-refractivity contribution >= 4 is 23.2 Å². The molecular formula is C21H26N2O3S. The summed E-state index contributed by atoms with van der Waals surface area (Å²) >= 11 is 1.50. The Morgan fingerprint density at radius 1 is 1.30 bits per heavy atom. The topological polar surface area (TPSA) is 68.3 Å². The Morgan fingerprint density at radius 2 is 2.11 bits per heavy atom. The molecule has 1 aliphatic rings. The van der Waals surface area contributed by atoms with E-state index in [0.29, 0.717) is 11.6 Å². The molecule has 1 aliphatic carbocycles. The number of rotatable bonds is 6. The van der Waals surface area contributed by atoms with Gasteiger partial charge in [0, 0.05) is 17.0 Å². The standard InChI is InChI=1S/C21H26N2O3S/c1-14-6-5-8-16(10-14)21-22-17(13-27-21)11-20(25)26-12-19(24)23-18-9-4-3-7-15(18)2/h5-6,8,10,13,15,18H,3-4,7,9,11-12H2,1-2H3,(H,23,24)/t15-,18-/m1/s1. The molecule has 0 unspecified atom stereocenters. The van der Waals surface area contributed by atoms with Gasteiger partial charge in [-0.05, 0) is 31.7 Å². The van der Waals surface area contributed by atoms with Gasteiger partial charge in [-0.3, -0.25) is 9.59 Å². The van der Waals surface area contributed by atoms with Crippen LogP contribution in [0.5, 0.6) is 0 Å². The molecule has 5 nitrogen and oxygen atoms in total. The lowest BCUT2D eigenvalue weighted by Gasteiger charge is -2.29. The number of nitrogens with zero attached hydrogens (tertiary/aromatic N) is 1. The Labute approximate surface area is 164 Å². The van der Waals surface area contributed by atoms with Gasteiger partial charge in [-0.1, -0.05) is 43.5 Å². The van der Waals surface area contributed by atoms with Crippen molar-refractivity contribution in [2.75, 3.05) is 6.61 Å². The van der Waals surface area contributed by atoms with Crippen LogP contribution in [0.25, 0.3) is 10.6 Å². The monoisotopic (exact) mass is 386 g/mol. The van der Waals surface area contributed by atoms with E-state index in [9.17, 15) is 9.59 Å². The lowest BCUT2D eigenvalue weighted by atomic mass is 9.86. The van der Waals surface area contributed by atoms with Crippen LogP contribution in [0.2, 0.25) is 0 Å². The highest BCUT2D eigenvalue weighted by atomic mass is 32.1. The molecule has 1 aromatic heterocycles. The number of carbonyl (C=O) groups is 2. The van der Waals surface area contributed by atoms with Crippen molar-refractivity contribution in [2.24, 2.45) is 5.92 Å². The van der Waals surface area contributed by atoms with Crippen LogP contribution < -0.4 is 5.32 Å². The Bertz CT molecular complexity index is 802. The number of thiazole rings is 1. The molecule has 0 saturated heterocycles. The number of ether oxygens (including phenoxy) is 1. The van der Waals surface area contributed by atoms with E-state index < -0.39 is 5.97 Å². The molecule has 0 bridgehead atoms. The van der Waals surface area contributed by atoms with Crippen molar-refractivity contribution in [1.82, 2.24) is 10.3 Å². The molecule has 6 heteroatoms. The quantitative estimate of drug-likeness (QED) is 0.765. The Morgan fingerprint density at radius 3 is 2.89 bits per heavy atom. The summed E-state index contributed by atoms with van der Waals surface area (Å²) < 4.78 is 5.13. The number of nitrogens with one attached hydrogen (secondary N) is 1. The van der Waals surface area contributed by atoms with E-state index in [0.717, 1.165) is 29.8 Å². The molecule has 2 atom stereocenters. The molecule has 0 spiro atoms. The first-order chi connectivity index (χ1) is 13.0. The number of carbonyl (C=O) groups excluding carboxylic acids is 2.